The largest absolute Gasteiger partial charge is 0.356 e. The van der Waals surface area contributed by atoms with Crippen LogP contribution < -0.4 is 10.6 Å². The zero-order chi connectivity index (χ0) is 16.7. The van der Waals surface area contributed by atoms with Crippen molar-refractivity contribution >= 4 is 5.96 Å². The number of rotatable bonds is 6. The Bertz CT molecular complexity index is 533. The zero-order valence-electron chi connectivity index (χ0n) is 13.9. The molecular formula is C17H26F2N4. The topological polar surface area (TPSA) is 39.7 Å². The lowest BCUT2D eigenvalue weighted by Crippen LogP contribution is -2.45. The molecule has 6 heteroatoms. The first-order valence-electron chi connectivity index (χ1n) is 8.26. The third-order valence-corrected chi connectivity index (χ3v) is 4.33. The van der Waals surface area contributed by atoms with Crippen molar-refractivity contribution in [1.29, 1.82) is 0 Å². The van der Waals surface area contributed by atoms with Crippen molar-refractivity contribution in [1.82, 2.24) is 15.5 Å². The van der Waals surface area contributed by atoms with Crippen molar-refractivity contribution in [2.45, 2.75) is 32.2 Å². The van der Waals surface area contributed by atoms with Gasteiger partial charge in [-0.15, -0.1) is 0 Å². The molecular weight excluding hydrogens is 298 g/mol. The predicted molar refractivity (Wildman–Crippen MR) is 89.7 cm³/mol. The number of likely N-dealkylation sites (N-methyl/N-ethyl adjacent to an activating group) is 1. The fraction of sp³-hybridized carbons (Fsp3) is 0.588. The summed E-state index contributed by atoms with van der Waals surface area (Å²) in [5.41, 5.74) is 0.376. The van der Waals surface area contributed by atoms with Gasteiger partial charge in [0.15, 0.2) is 5.96 Å². The predicted octanol–water partition coefficient (Wildman–Crippen LogP) is 2.16. The summed E-state index contributed by atoms with van der Waals surface area (Å²) in [7, 11) is 1.71. The lowest BCUT2D eigenvalue weighted by atomic mass is 10.1. The van der Waals surface area contributed by atoms with Crippen LogP contribution in [-0.2, 0) is 6.42 Å². The molecule has 0 saturated carbocycles. The monoisotopic (exact) mass is 324 g/mol. The van der Waals surface area contributed by atoms with Gasteiger partial charge in [0.05, 0.1) is 0 Å². The van der Waals surface area contributed by atoms with E-state index in [1.165, 1.54) is 18.9 Å². The quantitative estimate of drug-likeness (QED) is 0.622. The van der Waals surface area contributed by atoms with Crippen molar-refractivity contribution in [2.75, 3.05) is 33.2 Å². The molecule has 0 radical (unpaired) electrons. The summed E-state index contributed by atoms with van der Waals surface area (Å²) in [4.78, 5) is 6.64. The molecule has 1 heterocycles. The number of guanidine groups is 1. The summed E-state index contributed by atoms with van der Waals surface area (Å²) in [6.45, 7) is 5.76. The smallest absolute Gasteiger partial charge is 0.191 e. The Morgan fingerprint density at radius 1 is 1.35 bits per heavy atom. The molecule has 4 nitrogen and oxygen atoms in total. The first-order chi connectivity index (χ1) is 11.1. The van der Waals surface area contributed by atoms with Crippen molar-refractivity contribution in [3.63, 3.8) is 0 Å². The summed E-state index contributed by atoms with van der Waals surface area (Å²) in [6, 6.07) is 4.08. The molecule has 1 fully saturated rings. The van der Waals surface area contributed by atoms with Gasteiger partial charge in [-0.25, -0.2) is 8.78 Å². The van der Waals surface area contributed by atoms with E-state index in [1.54, 1.807) is 7.05 Å². The number of likely N-dealkylation sites (tertiary alicyclic amines) is 1. The maximum absolute atomic E-state index is 13.6. The van der Waals surface area contributed by atoms with Gasteiger partial charge in [-0.1, -0.05) is 6.92 Å². The molecule has 0 amide bonds. The van der Waals surface area contributed by atoms with Crippen LogP contribution in [0.2, 0.25) is 0 Å². The lowest BCUT2D eigenvalue weighted by molar-refractivity contribution is 0.267. The Labute approximate surface area is 137 Å². The number of hydrogen-bond donors (Lipinski definition) is 2. The van der Waals surface area contributed by atoms with Crippen molar-refractivity contribution in [3.8, 4) is 0 Å². The SMILES string of the molecule is CCN1CCCC1CNC(=NC)NCCc1cc(F)ccc1F. The zero-order valence-corrected chi connectivity index (χ0v) is 13.9. The number of hydrogen-bond acceptors (Lipinski definition) is 2. The first kappa shape index (κ1) is 17.7. The van der Waals surface area contributed by atoms with E-state index >= 15 is 0 Å². The molecule has 2 rings (SSSR count). The van der Waals surface area contributed by atoms with E-state index in [0.29, 0.717) is 30.5 Å². The first-order valence-corrected chi connectivity index (χ1v) is 8.26. The van der Waals surface area contributed by atoms with Gasteiger partial charge in [0.2, 0.25) is 0 Å². The van der Waals surface area contributed by atoms with Gasteiger partial charge in [-0.05, 0) is 56.1 Å². The van der Waals surface area contributed by atoms with E-state index in [0.717, 1.165) is 31.8 Å². The minimum atomic E-state index is -0.412. The van der Waals surface area contributed by atoms with Crippen LogP contribution in [0.3, 0.4) is 0 Å². The Morgan fingerprint density at radius 3 is 2.91 bits per heavy atom. The summed E-state index contributed by atoms with van der Waals surface area (Å²) < 4.78 is 26.7. The van der Waals surface area contributed by atoms with Crippen LogP contribution in [0.25, 0.3) is 0 Å². The highest BCUT2D eigenvalue weighted by Gasteiger charge is 2.22. The van der Waals surface area contributed by atoms with E-state index < -0.39 is 5.82 Å². The Morgan fingerprint density at radius 2 is 2.17 bits per heavy atom. The highest BCUT2D eigenvalue weighted by Crippen LogP contribution is 2.15. The molecule has 1 unspecified atom stereocenters. The minimum absolute atomic E-state index is 0.374. The molecule has 1 atom stereocenters. The van der Waals surface area contributed by atoms with Crippen molar-refractivity contribution < 1.29 is 8.78 Å². The average Bonchev–Trinajstić information content (AvgIpc) is 3.01. The van der Waals surface area contributed by atoms with Gasteiger partial charge in [0, 0.05) is 26.2 Å². The standard InChI is InChI=1S/C17H26F2N4/c1-3-23-10-4-5-15(23)12-22-17(20-2)21-9-8-13-11-14(18)6-7-16(13)19/h6-7,11,15H,3-5,8-10,12H2,1-2H3,(H2,20,21,22). The van der Waals surface area contributed by atoms with Crippen LogP contribution in [-0.4, -0.2) is 50.1 Å². The van der Waals surface area contributed by atoms with E-state index in [4.69, 9.17) is 0 Å². The van der Waals surface area contributed by atoms with Gasteiger partial charge in [0.25, 0.3) is 0 Å². The second-order valence-corrected chi connectivity index (χ2v) is 5.79. The fourth-order valence-corrected chi connectivity index (χ4v) is 3.03. The maximum atomic E-state index is 13.6. The van der Waals surface area contributed by atoms with Gasteiger partial charge in [0.1, 0.15) is 11.6 Å². The summed E-state index contributed by atoms with van der Waals surface area (Å²) >= 11 is 0. The van der Waals surface area contributed by atoms with Gasteiger partial charge in [-0.2, -0.15) is 0 Å². The average molecular weight is 324 g/mol. The molecule has 128 valence electrons. The lowest BCUT2D eigenvalue weighted by Gasteiger charge is -2.24. The van der Waals surface area contributed by atoms with Crippen molar-refractivity contribution in [2.24, 2.45) is 4.99 Å². The molecule has 1 aromatic rings. The Hall–Kier alpha value is -1.69. The van der Waals surface area contributed by atoms with Crippen molar-refractivity contribution in [3.05, 3.63) is 35.4 Å². The van der Waals surface area contributed by atoms with E-state index in [-0.39, 0.29) is 5.82 Å². The van der Waals surface area contributed by atoms with Crippen LogP contribution in [0.5, 0.6) is 0 Å². The summed E-state index contributed by atoms with van der Waals surface area (Å²) in [5.74, 6) is -0.0877. The Kier molecular flexibility index (Phi) is 6.77. The van der Waals surface area contributed by atoms with Gasteiger partial charge in [-0.3, -0.25) is 9.89 Å². The van der Waals surface area contributed by atoms with Gasteiger partial charge >= 0.3 is 0 Å². The van der Waals surface area contributed by atoms with Crippen LogP contribution in [0.1, 0.15) is 25.3 Å². The molecule has 0 aliphatic carbocycles. The molecule has 0 bridgehead atoms. The molecule has 0 spiro atoms. The molecule has 1 aliphatic heterocycles. The Balaban J connectivity index is 1.76. The maximum Gasteiger partial charge on any atom is 0.191 e. The number of aliphatic imine (C=N–C) groups is 1. The van der Waals surface area contributed by atoms with E-state index in [2.05, 4.69) is 27.4 Å². The normalized spacial score (nSPS) is 19.1. The van der Waals surface area contributed by atoms with E-state index in [1.807, 2.05) is 0 Å². The second-order valence-electron chi connectivity index (χ2n) is 5.79. The molecule has 1 saturated heterocycles. The second kappa shape index (κ2) is 8.82. The van der Waals surface area contributed by atoms with Crippen LogP contribution in [0.15, 0.2) is 23.2 Å². The highest BCUT2D eigenvalue weighted by molar-refractivity contribution is 5.79. The number of benzene rings is 1. The third-order valence-electron chi connectivity index (χ3n) is 4.33. The molecule has 0 aromatic heterocycles. The molecule has 23 heavy (non-hydrogen) atoms. The van der Waals surface area contributed by atoms with Crippen LogP contribution in [0, 0.1) is 11.6 Å². The van der Waals surface area contributed by atoms with Gasteiger partial charge < -0.3 is 10.6 Å². The molecule has 2 N–H and O–H groups in total. The molecule has 1 aromatic carbocycles. The summed E-state index contributed by atoms with van der Waals surface area (Å²) in [5, 5.41) is 6.47. The van der Waals surface area contributed by atoms with Crippen LogP contribution in [0.4, 0.5) is 8.78 Å². The molecule has 1 aliphatic rings. The number of nitrogens with zero attached hydrogens (tertiary/aromatic N) is 2. The fourth-order valence-electron chi connectivity index (χ4n) is 3.03. The summed E-state index contributed by atoms with van der Waals surface area (Å²) in [6.07, 6.45) is 2.85. The minimum Gasteiger partial charge on any atom is -0.356 e. The number of halogens is 2. The number of nitrogens with one attached hydrogen (secondary N) is 2. The third kappa shape index (κ3) is 5.16. The van der Waals surface area contributed by atoms with Crippen LogP contribution >= 0.6 is 0 Å². The van der Waals surface area contributed by atoms with E-state index in [9.17, 15) is 8.78 Å². The highest BCUT2D eigenvalue weighted by atomic mass is 19.1.